The highest BCUT2D eigenvalue weighted by molar-refractivity contribution is 5.80. The highest BCUT2D eigenvalue weighted by Gasteiger charge is 2.08. The molecule has 0 radical (unpaired) electrons. The smallest absolute Gasteiger partial charge is 0.364 e. The molecule has 8 nitrogen and oxygen atoms in total. The van der Waals surface area contributed by atoms with E-state index in [0.717, 1.165) is 10.2 Å². The Balaban J connectivity index is 1.91. The van der Waals surface area contributed by atoms with Crippen LogP contribution in [0.15, 0.2) is 64.5 Å². The fraction of sp³-hybridized carbons (Fsp3) is 0. The number of hydrogen-bond acceptors (Lipinski definition) is 5. The summed E-state index contributed by atoms with van der Waals surface area (Å²) in [6.07, 6.45) is 1.47. The van der Waals surface area contributed by atoms with Crippen LogP contribution in [-0.2, 0) is 0 Å². The molecule has 0 saturated carbocycles. The highest BCUT2D eigenvalue weighted by atomic mass is 16.8. The Kier molecular flexibility index (Phi) is 4.11. The van der Waals surface area contributed by atoms with Crippen LogP contribution >= 0.6 is 0 Å². The van der Waals surface area contributed by atoms with Gasteiger partial charge in [-0.2, -0.15) is 20.1 Å². The molecule has 3 rings (SSSR count). The molecule has 2 aromatic carbocycles. The summed E-state index contributed by atoms with van der Waals surface area (Å²) in [6.45, 7) is 0. The minimum absolute atomic E-state index is 0.188. The Morgan fingerprint density at radius 2 is 1.87 bits per heavy atom. The molecule has 3 aromatic rings. The summed E-state index contributed by atoms with van der Waals surface area (Å²) in [7, 11) is 0. The first-order valence-electron chi connectivity index (χ1n) is 6.76. The van der Waals surface area contributed by atoms with Crippen LogP contribution in [0.1, 0.15) is 5.56 Å². The molecule has 0 aliphatic carbocycles. The van der Waals surface area contributed by atoms with Crippen molar-refractivity contribution in [3.05, 3.63) is 75.9 Å². The van der Waals surface area contributed by atoms with Crippen molar-refractivity contribution in [2.45, 2.75) is 0 Å². The SMILES string of the molecule is O=c1[nH]nc(-c2ccccc2)n1/N=C/c1ccc([NH+]([O-])O)cc1. The van der Waals surface area contributed by atoms with Crippen molar-refractivity contribution in [3.8, 4) is 11.4 Å². The van der Waals surface area contributed by atoms with Crippen LogP contribution in [-0.4, -0.2) is 26.3 Å². The van der Waals surface area contributed by atoms with Crippen LogP contribution in [0.2, 0.25) is 0 Å². The van der Waals surface area contributed by atoms with Gasteiger partial charge in [-0.3, -0.25) is 0 Å². The van der Waals surface area contributed by atoms with E-state index in [0.29, 0.717) is 11.4 Å². The Bertz CT molecular complexity index is 866. The number of H-pyrrole nitrogens is 1. The minimum Gasteiger partial charge on any atom is -0.595 e. The lowest BCUT2D eigenvalue weighted by Gasteiger charge is -2.10. The number of nitrogens with zero attached hydrogens (tertiary/aromatic N) is 3. The van der Waals surface area contributed by atoms with E-state index in [2.05, 4.69) is 15.3 Å². The molecule has 0 fully saturated rings. The molecule has 8 heteroatoms. The van der Waals surface area contributed by atoms with Gasteiger partial charge in [0.1, 0.15) is 0 Å². The third-order valence-electron chi connectivity index (χ3n) is 3.16. The number of rotatable bonds is 4. The topological polar surface area (TPSA) is 111 Å². The maximum atomic E-state index is 11.8. The molecule has 1 heterocycles. The van der Waals surface area contributed by atoms with Crippen LogP contribution in [0.3, 0.4) is 0 Å². The molecule has 1 atom stereocenters. The normalized spacial score (nSPS) is 12.6. The minimum atomic E-state index is -0.995. The summed E-state index contributed by atoms with van der Waals surface area (Å²) in [5.74, 6) is 0.397. The van der Waals surface area contributed by atoms with E-state index >= 15 is 0 Å². The lowest BCUT2D eigenvalue weighted by Crippen LogP contribution is -2.99. The van der Waals surface area contributed by atoms with Crippen LogP contribution in [0, 0.1) is 5.21 Å². The highest BCUT2D eigenvalue weighted by Crippen LogP contribution is 2.14. The average Bonchev–Trinajstić information content (AvgIpc) is 2.95. The first-order chi connectivity index (χ1) is 11.1. The Labute approximate surface area is 130 Å². The lowest BCUT2D eigenvalue weighted by molar-refractivity contribution is -0.991. The molecule has 0 bridgehead atoms. The number of aromatic amines is 1. The zero-order chi connectivity index (χ0) is 16.2. The van der Waals surface area contributed by atoms with Crippen LogP contribution in [0.4, 0.5) is 5.69 Å². The number of hydrogen-bond donors (Lipinski definition) is 3. The summed E-state index contributed by atoms with van der Waals surface area (Å²) in [4.78, 5) is 11.8. The van der Waals surface area contributed by atoms with E-state index in [1.807, 2.05) is 30.3 Å². The summed E-state index contributed by atoms with van der Waals surface area (Å²) in [6, 6.07) is 15.4. The van der Waals surface area contributed by atoms with Gasteiger partial charge < -0.3 is 5.21 Å². The van der Waals surface area contributed by atoms with Gasteiger partial charge in [0.25, 0.3) is 0 Å². The molecule has 0 amide bonds. The van der Waals surface area contributed by atoms with Crippen molar-refractivity contribution < 1.29 is 10.4 Å². The second-order valence-electron chi connectivity index (χ2n) is 4.70. The third-order valence-corrected chi connectivity index (χ3v) is 3.16. The van der Waals surface area contributed by atoms with Crippen molar-refractivity contribution in [1.82, 2.24) is 14.9 Å². The summed E-state index contributed by atoms with van der Waals surface area (Å²) in [5, 5.41) is 29.1. The molecular formula is C15H13N5O3. The number of quaternary nitrogens is 1. The molecule has 0 aliphatic heterocycles. The molecule has 23 heavy (non-hydrogen) atoms. The predicted molar refractivity (Wildman–Crippen MR) is 83.5 cm³/mol. The summed E-state index contributed by atoms with van der Waals surface area (Å²) in [5.41, 5.74) is 1.15. The van der Waals surface area contributed by atoms with Gasteiger partial charge in [-0.15, -0.1) is 0 Å². The van der Waals surface area contributed by atoms with Gasteiger partial charge in [0.2, 0.25) is 0 Å². The summed E-state index contributed by atoms with van der Waals surface area (Å²) < 4.78 is 1.15. The Morgan fingerprint density at radius 1 is 1.17 bits per heavy atom. The zero-order valence-corrected chi connectivity index (χ0v) is 11.9. The van der Waals surface area contributed by atoms with Gasteiger partial charge in [-0.1, -0.05) is 30.3 Å². The van der Waals surface area contributed by atoms with Gasteiger partial charge in [0.05, 0.1) is 6.21 Å². The van der Waals surface area contributed by atoms with Crippen molar-refractivity contribution in [1.29, 1.82) is 0 Å². The molecule has 0 saturated heterocycles. The number of aromatic nitrogens is 3. The largest absolute Gasteiger partial charge is 0.595 e. The maximum Gasteiger partial charge on any atom is 0.364 e. The van der Waals surface area contributed by atoms with E-state index in [1.54, 1.807) is 12.1 Å². The van der Waals surface area contributed by atoms with Gasteiger partial charge in [0, 0.05) is 17.7 Å². The van der Waals surface area contributed by atoms with Crippen LogP contribution in [0.5, 0.6) is 0 Å². The van der Waals surface area contributed by atoms with E-state index in [9.17, 15) is 10.0 Å². The van der Waals surface area contributed by atoms with E-state index in [-0.39, 0.29) is 5.69 Å². The van der Waals surface area contributed by atoms with E-state index < -0.39 is 10.9 Å². The Morgan fingerprint density at radius 3 is 2.52 bits per heavy atom. The standard InChI is InChI=1S/C15H13N5O3/c21-15-18-17-14(12-4-2-1-3-5-12)19(15)16-10-11-6-8-13(9-7-11)20(22)23/h1-10,20,22H,(H,18,21)/b16-10+. The van der Waals surface area contributed by atoms with Crippen molar-refractivity contribution in [2.75, 3.05) is 0 Å². The molecule has 0 spiro atoms. The lowest BCUT2D eigenvalue weighted by atomic mass is 10.2. The average molecular weight is 311 g/mol. The molecule has 0 aliphatic rings. The first kappa shape index (κ1) is 14.9. The van der Waals surface area contributed by atoms with Gasteiger partial charge in [0.15, 0.2) is 11.5 Å². The fourth-order valence-electron chi connectivity index (χ4n) is 2.01. The summed E-state index contributed by atoms with van der Waals surface area (Å²) >= 11 is 0. The molecule has 3 N–H and O–H groups in total. The van der Waals surface area contributed by atoms with Gasteiger partial charge in [-0.25, -0.2) is 15.1 Å². The van der Waals surface area contributed by atoms with Gasteiger partial charge >= 0.3 is 5.69 Å². The second kappa shape index (κ2) is 6.36. The fourth-order valence-corrected chi connectivity index (χ4v) is 2.01. The van der Waals surface area contributed by atoms with Crippen molar-refractivity contribution in [2.24, 2.45) is 5.10 Å². The number of benzene rings is 2. The third kappa shape index (κ3) is 3.24. The predicted octanol–water partition coefficient (Wildman–Crippen LogP) is 0.524. The monoisotopic (exact) mass is 311 g/mol. The quantitative estimate of drug-likeness (QED) is 0.482. The maximum absolute atomic E-state index is 11.8. The van der Waals surface area contributed by atoms with Crippen LogP contribution in [0.25, 0.3) is 11.4 Å². The number of nitrogens with one attached hydrogen (secondary N) is 2. The molecular weight excluding hydrogens is 298 g/mol. The van der Waals surface area contributed by atoms with E-state index in [1.165, 1.54) is 18.3 Å². The van der Waals surface area contributed by atoms with Crippen molar-refractivity contribution in [3.63, 3.8) is 0 Å². The first-order valence-corrected chi connectivity index (χ1v) is 6.76. The van der Waals surface area contributed by atoms with Crippen LogP contribution < -0.4 is 10.9 Å². The zero-order valence-electron chi connectivity index (χ0n) is 11.9. The Hall–Kier alpha value is -3.07. The second-order valence-corrected chi connectivity index (χ2v) is 4.70. The van der Waals surface area contributed by atoms with Gasteiger partial charge in [-0.05, 0) is 17.7 Å². The molecule has 116 valence electrons. The molecule has 1 aromatic heterocycles. The van der Waals surface area contributed by atoms with E-state index in [4.69, 9.17) is 5.21 Å². The molecule has 1 unspecified atom stereocenters. The van der Waals surface area contributed by atoms with Crippen molar-refractivity contribution >= 4 is 11.9 Å².